The second-order valence-corrected chi connectivity index (χ2v) is 7.41. The van der Waals surface area contributed by atoms with Gasteiger partial charge in [0.15, 0.2) is 11.2 Å². The standard InChI is InChI=1S/C24H20N4O3/c1-26-21-20(22(29)27(2)24(26)30)28(23(25-21)31-18-12-4-3-5-13-18)15-17-11-8-10-16-9-6-7-14-19(16)17/h3-14H,15H2,1-2H3. The van der Waals surface area contributed by atoms with Gasteiger partial charge in [-0.2, -0.15) is 4.98 Å². The Labute approximate surface area is 177 Å². The minimum Gasteiger partial charge on any atom is -0.425 e. The van der Waals surface area contributed by atoms with Crippen molar-refractivity contribution in [3.63, 3.8) is 0 Å². The molecule has 5 rings (SSSR count). The first-order valence-corrected chi connectivity index (χ1v) is 9.90. The molecular weight excluding hydrogens is 392 g/mol. The van der Waals surface area contributed by atoms with Gasteiger partial charge in [-0.3, -0.25) is 18.5 Å². The number of imidazole rings is 1. The topological polar surface area (TPSA) is 71.1 Å². The fourth-order valence-electron chi connectivity index (χ4n) is 3.85. The molecule has 0 aliphatic carbocycles. The van der Waals surface area contributed by atoms with E-state index in [-0.39, 0.29) is 6.01 Å². The molecule has 0 atom stereocenters. The van der Waals surface area contributed by atoms with Gasteiger partial charge >= 0.3 is 11.7 Å². The zero-order valence-corrected chi connectivity index (χ0v) is 17.1. The molecule has 7 nitrogen and oxygen atoms in total. The van der Waals surface area contributed by atoms with Gasteiger partial charge in [0.2, 0.25) is 0 Å². The highest BCUT2D eigenvalue weighted by atomic mass is 16.5. The number of benzene rings is 3. The van der Waals surface area contributed by atoms with Crippen molar-refractivity contribution < 1.29 is 4.74 Å². The van der Waals surface area contributed by atoms with Crippen molar-refractivity contribution in [1.82, 2.24) is 18.7 Å². The average Bonchev–Trinajstić information content (AvgIpc) is 3.15. The van der Waals surface area contributed by atoms with Gasteiger partial charge in [0.1, 0.15) is 5.75 Å². The van der Waals surface area contributed by atoms with E-state index < -0.39 is 11.2 Å². The summed E-state index contributed by atoms with van der Waals surface area (Å²) in [6, 6.07) is 23.7. The minimum absolute atomic E-state index is 0.257. The van der Waals surface area contributed by atoms with Crippen LogP contribution in [-0.2, 0) is 20.6 Å². The van der Waals surface area contributed by atoms with Gasteiger partial charge in [-0.15, -0.1) is 0 Å². The number of para-hydroxylation sites is 1. The van der Waals surface area contributed by atoms with E-state index in [1.165, 1.54) is 11.6 Å². The van der Waals surface area contributed by atoms with E-state index in [1.807, 2.05) is 54.6 Å². The van der Waals surface area contributed by atoms with Crippen molar-refractivity contribution in [1.29, 1.82) is 0 Å². The minimum atomic E-state index is -0.432. The van der Waals surface area contributed by atoms with Crippen LogP contribution in [0.15, 0.2) is 82.4 Å². The lowest BCUT2D eigenvalue weighted by Gasteiger charge is -2.12. The predicted molar refractivity (Wildman–Crippen MR) is 120 cm³/mol. The summed E-state index contributed by atoms with van der Waals surface area (Å²) >= 11 is 0. The molecule has 0 aliphatic heterocycles. The number of hydrogen-bond acceptors (Lipinski definition) is 4. The zero-order valence-electron chi connectivity index (χ0n) is 17.1. The van der Waals surface area contributed by atoms with Crippen LogP contribution in [0.25, 0.3) is 21.9 Å². The molecule has 2 aromatic heterocycles. The van der Waals surface area contributed by atoms with Gasteiger partial charge in [0.25, 0.3) is 5.56 Å². The van der Waals surface area contributed by atoms with E-state index in [2.05, 4.69) is 23.2 Å². The van der Waals surface area contributed by atoms with Crippen molar-refractivity contribution in [3.8, 4) is 11.8 Å². The van der Waals surface area contributed by atoms with E-state index in [4.69, 9.17) is 4.74 Å². The molecule has 5 aromatic rings. The average molecular weight is 412 g/mol. The van der Waals surface area contributed by atoms with Gasteiger partial charge < -0.3 is 4.74 Å². The molecule has 0 bridgehead atoms. The van der Waals surface area contributed by atoms with Crippen molar-refractivity contribution in [3.05, 3.63) is 99.2 Å². The summed E-state index contributed by atoms with van der Waals surface area (Å²) in [6.07, 6.45) is 0. The molecular formula is C24H20N4O3. The second-order valence-electron chi connectivity index (χ2n) is 7.41. The van der Waals surface area contributed by atoms with E-state index in [9.17, 15) is 9.59 Å². The van der Waals surface area contributed by atoms with Crippen LogP contribution in [-0.4, -0.2) is 18.7 Å². The third-order valence-corrected chi connectivity index (χ3v) is 5.47. The first-order chi connectivity index (χ1) is 15.0. The Balaban J connectivity index is 1.77. The number of hydrogen-bond donors (Lipinski definition) is 0. The summed E-state index contributed by atoms with van der Waals surface area (Å²) < 4.78 is 10.3. The summed E-state index contributed by atoms with van der Waals surface area (Å²) in [5, 5.41) is 2.19. The molecule has 154 valence electrons. The summed E-state index contributed by atoms with van der Waals surface area (Å²) in [4.78, 5) is 30.1. The third-order valence-electron chi connectivity index (χ3n) is 5.47. The molecule has 0 N–H and O–H groups in total. The maximum absolute atomic E-state index is 13.1. The molecule has 0 fully saturated rings. The van der Waals surface area contributed by atoms with E-state index in [1.54, 1.807) is 11.6 Å². The van der Waals surface area contributed by atoms with Crippen molar-refractivity contribution in [2.24, 2.45) is 14.1 Å². The molecule has 0 saturated heterocycles. The molecule has 2 heterocycles. The molecule has 31 heavy (non-hydrogen) atoms. The van der Waals surface area contributed by atoms with Crippen molar-refractivity contribution >= 4 is 21.9 Å². The quantitative estimate of drug-likeness (QED) is 0.453. The summed E-state index contributed by atoms with van der Waals surface area (Å²) in [5.41, 5.74) is 0.793. The number of rotatable bonds is 4. The van der Waals surface area contributed by atoms with Gasteiger partial charge in [0.05, 0.1) is 6.54 Å². The Kier molecular flexibility index (Phi) is 4.43. The van der Waals surface area contributed by atoms with Crippen LogP contribution in [0.2, 0.25) is 0 Å². The SMILES string of the molecule is Cn1c(=O)c2c(nc(Oc3ccccc3)n2Cc2cccc3ccccc23)n(C)c1=O. The highest BCUT2D eigenvalue weighted by Gasteiger charge is 2.21. The van der Waals surface area contributed by atoms with Crippen LogP contribution < -0.4 is 16.0 Å². The van der Waals surface area contributed by atoms with E-state index in [0.717, 1.165) is 20.9 Å². The third kappa shape index (κ3) is 3.11. The van der Waals surface area contributed by atoms with E-state index in [0.29, 0.717) is 23.5 Å². The first-order valence-electron chi connectivity index (χ1n) is 9.90. The summed E-state index contributed by atoms with van der Waals surface area (Å²) in [6.45, 7) is 0.369. The van der Waals surface area contributed by atoms with Gasteiger partial charge in [-0.1, -0.05) is 60.7 Å². The lowest BCUT2D eigenvalue weighted by molar-refractivity contribution is 0.421. The van der Waals surface area contributed by atoms with Crippen molar-refractivity contribution in [2.75, 3.05) is 0 Å². The lowest BCUT2D eigenvalue weighted by Crippen LogP contribution is -2.37. The number of ether oxygens (including phenoxy) is 1. The summed E-state index contributed by atoms with van der Waals surface area (Å²) in [5.74, 6) is 0.596. The highest BCUT2D eigenvalue weighted by molar-refractivity contribution is 5.86. The first kappa shape index (κ1) is 18.9. The summed E-state index contributed by atoms with van der Waals surface area (Å²) in [7, 11) is 3.07. The maximum atomic E-state index is 13.1. The van der Waals surface area contributed by atoms with Crippen LogP contribution >= 0.6 is 0 Å². The Hall–Kier alpha value is -4.13. The lowest BCUT2D eigenvalue weighted by atomic mass is 10.0. The number of aromatic nitrogens is 4. The Morgan fingerprint density at radius 3 is 2.35 bits per heavy atom. The Morgan fingerprint density at radius 1 is 0.839 bits per heavy atom. The fourth-order valence-corrected chi connectivity index (χ4v) is 3.85. The van der Waals surface area contributed by atoms with Crippen LogP contribution in [0.5, 0.6) is 11.8 Å². The van der Waals surface area contributed by atoms with Crippen LogP contribution in [0.1, 0.15) is 5.56 Å². The Morgan fingerprint density at radius 2 is 1.55 bits per heavy atom. The number of nitrogens with zero attached hydrogens (tertiary/aromatic N) is 4. The molecule has 0 unspecified atom stereocenters. The molecule has 0 spiro atoms. The molecule has 0 radical (unpaired) electrons. The maximum Gasteiger partial charge on any atom is 0.332 e. The van der Waals surface area contributed by atoms with Crippen LogP contribution in [0.3, 0.4) is 0 Å². The zero-order chi connectivity index (χ0) is 21.5. The monoisotopic (exact) mass is 412 g/mol. The van der Waals surface area contributed by atoms with E-state index >= 15 is 0 Å². The predicted octanol–water partition coefficient (Wildman–Crippen LogP) is 3.43. The Bertz CT molecular complexity index is 1540. The molecule has 0 saturated carbocycles. The van der Waals surface area contributed by atoms with Crippen LogP contribution in [0, 0.1) is 0 Å². The molecule has 3 aromatic carbocycles. The molecule has 0 amide bonds. The molecule has 7 heteroatoms. The fraction of sp³-hybridized carbons (Fsp3) is 0.125. The van der Waals surface area contributed by atoms with Crippen LogP contribution in [0.4, 0.5) is 0 Å². The normalized spacial score (nSPS) is 11.3. The van der Waals surface area contributed by atoms with Crippen molar-refractivity contribution in [2.45, 2.75) is 6.54 Å². The smallest absolute Gasteiger partial charge is 0.332 e. The largest absolute Gasteiger partial charge is 0.425 e. The number of aryl methyl sites for hydroxylation is 1. The second kappa shape index (κ2) is 7.28. The van der Waals surface area contributed by atoms with Gasteiger partial charge in [-0.25, -0.2) is 4.79 Å². The highest BCUT2D eigenvalue weighted by Crippen LogP contribution is 2.27. The molecule has 0 aliphatic rings. The number of fused-ring (bicyclic) bond motifs is 2. The van der Waals surface area contributed by atoms with Gasteiger partial charge in [-0.05, 0) is 28.5 Å². The van der Waals surface area contributed by atoms with Gasteiger partial charge in [0, 0.05) is 14.1 Å².